The molecule has 9 heteroatoms. The number of sulfonamides is 1. The number of hydrogen-bond donors (Lipinski definition) is 1. The van der Waals surface area contributed by atoms with Crippen molar-refractivity contribution in [3.63, 3.8) is 0 Å². The number of primary sulfonamides is 1. The first-order chi connectivity index (χ1) is 8.70. The zero-order chi connectivity index (χ0) is 14.4. The van der Waals surface area contributed by atoms with Crippen molar-refractivity contribution >= 4 is 49.1 Å². The number of hydrogen-bond acceptors (Lipinski definition) is 4. The van der Waals surface area contributed by atoms with Gasteiger partial charge in [-0.3, -0.25) is 4.79 Å². The highest BCUT2D eigenvalue weighted by atomic mass is 79.9. The Morgan fingerprint density at radius 1 is 1.58 bits per heavy atom. The molecular weight excluding hydrogens is 358 g/mol. The van der Waals surface area contributed by atoms with Gasteiger partial charge in [-0.25, -0.2) is 18.5 Å². The second-order valence-electron chi connectivity index (χ2n) is 4.29. The van der Waals surface area contributed by atoms with Crippen LogP contribution in [0.25, 0.3) is 0 Å². The van der Waals surface area contributed by atoms with Gasteiger partial charge < -0.3 is 4.90 Å². The van der Waals surface area contributed by atoms with E-state index < -0.39 is 15.3 Å². The standard InChI is InChI=1S/C10H11BrClN3O3S/c1-5-7(11)3-8(10(12)14-5)15-4-6(2-9(15)16)19(13,17)18/h3,6H,2,4H2,1H3,(H2,13,17,18). The number of rotatable bonds is 2. The van der Waals surface area contributed by atoms with Gasteiger partial charge in [-0.05, 0) is 28.9 Å². The summed E-state index contributed by atoms with van der Waals surface area (Å²) in [4.78, 5) is 17.3. The maximum absolute atomic E-state index is 11.9. The van der Waals surface area contributed by atoms with Gasteiger partial charge in [0.1, 0.15) is 5.25 Å². The molecule has 0 radical (unpaired) electrons. The molecule has 2 N–H and O–H groups in total. The topological polar surface area (TPSA) is 93.4 Å². The number of carbonyl (C=O) groups is 1. The van der Waals surface area contributed by atoms with Crippen molar-refractivity contribution in [2.24, 2.45) is 5.14 Å². The van der Waals surface area contributed by atoms with Crippen LogP contribution in [0.15, 0.2) is 10.5 Å². The average molecular weight is 369 g/mol. The molecule has 19 heavy (non-hydrogen) atoms. The number of halogens is 2. The van der Waals surface area contributed by atoms with E-state index in [-0.39, 0.29) is 24.0 Å². The van der Waals surface area contributed by atoms with Crippen LogP contribution in [0.1, 0.15) is 12.1 Å². The van der Waals surface area contributed by atoms with Crippen LogP contribution in [0.4, 0.5) is 5.69 Å². The summed E-state index contributed by atoms with van der Waals surface area (Å²) in [5.74, 6) is -0.335. The van der Waals surface area contributed by atoms with Crippen molar-refractivity contribution in [1.29, 1.82) is 0 Å². The van der Waals surface area contributed by atoms with Gasteiger partial charge in [-0.15, -0.1) is 0 Å². The van der Waals surface area contributed by atoms with Gasteiger partial charge in [-0.1, -0.05) is 11.6 Å². The average Bonchev–Trinajstić information content (AvgIpc) is 2.65. The fourth-order valence-corrected chi connectivity index (χ4v) is 3.18. The number of nitrogens with zero attached hydrogens (tertiary/aromatic N) is 2. The molecule has 0 saturated carbocycles. The third-order valence-corrected chi connectivity index (χ3v) is 5.26. The van der Waals surface area contributed by atoms with Crippen LogP contribution in [0.2, 0.25) is 5.15 Å². The molecule has 6 nitrogen and oxygen atoms in total. The summed E-state index contributed by atoms with van der Waals surface area (Å²) in [5.41, 5.74) is 1.07. The van der Waals surface area contributed by atoms with Crippen LogP contribution in [-0.2, 0) is 14.8 Å². The Balaban J connectivity index is 2.39. The third kappa shape index (κ3) is 2.91. The molecule has 1 aliphatic rings. The lowest BCUT2D eigenvalue weighted by atomic mass is 10.3. The van der Waals surface area contributed by atoms with Crippen molar-refractivity contribution in [3.05, 3.63) is 21.4 Å². The normalized spacial score (nSPS) is 20.1. The summed E-state index contributed by atoms with van der Waals surface area (Å²) in [7, 11) is -3.75. The Bertz CT molecular complexity index is 650. The van der Waals surface area contributed by atoms with Crippen LogP contribution in [-0.4, -0.2) is 31.1 Å². The molecule has 0 spiro atoms. The monoisotopic (exact) mass is 367 g/mol. The largest absolute Gasteiger partial charge is 0.308 e. The summed E-state index contributed by atoms with van der Waals surface area (Å²) >= 11 is 9.30. The van der Waals surface area contributed by atoms with E-state index >= 15 is 0 Å². The number of aryl methyl sites for hydroxylation is 1. The zero-order valence-corrected chi connectivity index (χ0v) is 13.1. The number of nitrogens with two attached hydrogens (primary N) is 1. The minimum atomic E-state index is -3.75. The molecule has 1 unspecified atom stereocenters. The molecule has 0 aliphatic carbocycles. The first-order valence-electron chi connectivity index (χ1n) is 5.34. The Labute approximate surface area is 124 Å². The van der Waals surface area contributed by atoms with Gasteiger partial charge in [0.2, 0.25) is 15.9 Å². The summed E-state index contributed by atoms with van der Waals surface area (Å²) < 4.78 is 23.3. The molecule has 0 aromatic carbocycles. The second-order valence-corrected chi connectivity index (χ2v) is 7.34. The third-order valence-electron chi connectivity index (χ3n) is 2.93. The summed E-state index contributed by atoms with van der Waals surface area (Å²) in [6.07, 6.45) is -0.138. The van der Waals surface area contributed by atoms with Gasteiger partial charge in [0, 0.05) is 17.4 Å². The molecule has 1 aliphatic heterocycles. The predicted molar refractivity (Wildman–Crippen MR) is 75.5 cm³/mol. The molecule has 1 fully saturated rings. The summed E-state index contributed by atoms with van der Waals surface area (Å²) in [6, 6.07) is 1.65. The highest BCUT2D eigenvalue weighted by Crippen LogP contribution is 2.32. The van der Waals surface area contributed by atoms with Gasteiger partial charge >= 0.3 is 0 Å². The number of aromatic nitrogens is 1. The van der Waals surface area contributed by atoms with Crippen molar-refractivity contribution in [2.45, 2.75) is 18.6 Å². The summed E-state index contributed by atoms with van der Waals surface area (Å²) in [6.45, 7) is 1.76. The molecule has 1 atom stereocenters. The van der Waals surface area contributed by atoms with E-state index in [0.29, 0.717) is 15.9 Å². The van der Waals surface area contributed by atoms with Gasteiger partial charge in [0.05, 0.1) is 11.4 Å². The zero-order valence-electron chi connectivity index (χ0n) is 9.93. The number of amides is 1. The summed E-state index contributed by atoms with van der Waals surface area (Å²) in [5, 5.41) is 4.32. The first kappa shape index (κ1) is 14.7. The lowest BCUT2D eigenvalue weighted by Crippen LogP contribution is -2.32. The smallest absolute Gasteiger partial charge is 0.228 e. The molecule has 1 aromatic rings. The van der Waals surface area contributed by atoms with Crippen molar-refractivity contribution in [3.8, 4) is 0 Å². The minimum absolute atomic E-state index is 0.00539. The minimum Gasteiger partial charge on any atom is -0.308 e. The molecule has 2 rings (SSSR count). The SMILES string of the molecule is Cc1nc(Cl)c(N2CC(S(N)(=O)=O)CC2=O)cc1Br. The van der Waals surface area contributed by atoms with Crippen LogP contribution in [0.3, 0.4) is 0 Å². The van der Waals surface area contributed by atoms with Crippen LogP contribution >= 0.6 is 27.5 Å². The van der Waals surface area contributed by atoms with E-state index in [1.807, 2.05) is 0 Å². The lowest BCUT2D eigenvalue weighted by molar-refractivity contribution is -0.117. The van der Waals surface area contributed by atoms with Gasteiger partial charge in [-0.2, -0.15) is 0 Å². The van der Waals surface area contributed by atoms with E-state index in [1.165, 1.54) is 4.90 Å². The van der Waals surface area contributed by atoms with Crippen molar-refractivity contribution < 1.29 is 13.2 Å². The fraction of sp³-hybridized carbons (Fsp3) is 0.400. The molecule has 1 amide bonds. The maximum Gasteiger partial charge on any atom is 0.228 e. The Kier molecular flexibility index (Phi) is 3.87. The fourth-order valence-electron chi connectivity index (χ4n) is 1.86. The quantitative estimate of drug-likeness (QED) is 0.794. The van der Waals surface area contributed by atoms with Gasteiger partial charge in [0.25, 0.3) is 0 Å². The molecule has 104 valence electrons. The van der Waals surface area contributed by atoms with Crippen LogP contribution < -0.4 is 10.0 Å². The number of anilines is 1. The van der Waals surface area contributed by atoms with E-state index in [2.05, 4.69) is 20.9 Å². The highest BCUT2D eigenvalue weighted by Gasteiger charge is 2.38. The Morgan fingerprint density at radius 2 is 2.21 bits per heavy atom. The van der Waals surface area contributed by atoms with E-state index in [1.54, 1.807) is 13.0 Å². The molecule has 1 saturated heterocycles. The molecule has 1 aromatic heterocycles. The lowest BCUT2D eigenvalue weighted by Gasteiger charge is -2.18. The second kappa shape index (κ2) is 5.01. The highest BCUT2D eigenvalue weighted by molar-refractivity contribution is 9.10. The van der Waals surface area contributed by atoms with Gasteiger partial charge in [0.15, 0.2) is 5.15 Å². The van der Waals surface area contributed by atoms with Crippen LogP contribution in [0, 0.1) is 6.92 Å². The van der Waals surface area contributed by atoms with E-state index in [0.717, 1.165) is 0 Å². The molecule has 2 heterocycles. The predicted octanol–water partition coefficient (Wildman–Crippen LogP) is 1.20. The van der Waals surface area contributed by atoms with Crippen LogP contribution in [0.5, 0.6) is 0 Å². The number of carbonyl (C=O) groups excluding carboxylic acids is 1. The van der Waals surface area contributed by atoms with Crippen molar-refractivity contribution in [2.75, 3.05) is 11.4 Å². The maximum atomic E-state index is 11.9. The van der Waals surface area contributed by atoms with E-state index in [9.17, 15) is 13.2 Å². The first-order valence-corrected chi connectivity index (χ1v) is 8.13. The molecular formula is C10H11BrClN3O3S. The van der Waals surface area contributed by atoms with E-state index in [4.69, 9.17) is 16.7 Å². The Hall–Kier alpha value is -0.700. The van der Waals surface area contributed by atoms with Crippen molar-refractivity contribution in [1.82, 2.24) is 4.98 Å². The Morgan fingerprint density at radius 3 is 2.74 bits per heavy atom. The molecule has 0 bridgehead atoms. The number of pyridine rings is 1.